The van der Waals surface area contributed by atoms with E-state index in [1.54, 1.807) is 13.8 Å². The molecule has 0 unspecified atom stereocenters. The molecule has 0 aliphatic rings. The second-order valence-corrected chi connectivity index (χ2v) is 6.27. The Morgan fingerprint density at radius 1 is 1.19 bits per heavy atom. The predicted molar refractivity (Wildman–Crippen MR) is 100 cm³/mol. The van der Waals surface area contributed by atoms with Crippen LogP contribution in [0.5, 0.6) is 5.75 Å². The highest BCUT2D eigenvalue weighted by Crippen LogP contribution is 2.21. The molecule has 0 radical (unpaired) electrons. The standard InChI is InChI=1S/C21H21FN2O3/c1-4-15-5-8-17(9-6-15)26-12-18-14(3)27-24-20(18)21(25)23-19-10-7-16(22)11-13(19)2/h5-11H,4,12H2,1-3H3,(H,23,25). The number of carbonyl (C=O) groups is 1. The van der Waals surface area contributed by atoms with Crippen LogP contribution < -0.4 is 10.1 Å². The van der Waals surface area contributed by atoms with Gasteiger partial charge in [0.2, 0.25) is 0 Å². The van der Waals surface area contributed by atoms with Crippen molar-refractivity contribution in [3.63, 3.8) is 0 Å². The summed E-state index contributed by atoms with van der Waals surface area (Å²) in [5, 5.41) is 6.59. The van der Waals surface area contributed by atoms with Gasteiger partial charge in [-0.05, 0) is 61.7 Å². The van der Waals surface area contributed by atoms with Gasteiger partial charge in [-0.25, -0.2) is 4.39 Å². The van der Waals surface area contributed by atoms with Crippen LogP contribution in [-0.4, -0.2) is 11.1 Å². The largest absolute Gasteiger partial charge is 0.489 e. The number of hydrogen-bond acceptors (Lipinski definition) is 4. The molecule has 6 heteroatoms. The third-order valence-electron chi connectivity index (χ3n) is 4.35. The van der Waals surface area contributed by atoms with Crippen LogP contribution in [0, 0.1) is 19.7 Å². The molecule has 3 aromatic rings. The van der Waals surface area contributed by atoms with E-state index in [2.05, 4.69) is 17.4 Å². The molecule has 1 heterocycles. The number of hydrogen-bond donors (Lipinski definition) is 1. The van der Waals surface area contributed by atoms with E-state index < -0.39 is 5.91 Å². The van der Waals surface area contributed by atoms with Crippen molar-refractivity contribution in [2.75, 3.05) is 5.32 Å². The number of halogens is 1. The number of aromatic nitrogens is 1. The van der Waals surface area contributed by atoms with Gasteiger partial charge in [0.15, 0.2) is 5.69 Å². The van der Waals surface area contributed by atoms with Gasteiger partial charge in [0.1, 0.15) is 23.9 Å². The number of nitrogens with one attached hydrogen (secondary N) is 1. The van der Waals surface area contributed by atoms with E-state index in [1.807, 2.05) is 24.3 Å². The molecule has 0 atom stereocenters. The number of aryl methyl sites for hydroxylation is 3. The zero-order valence-electron chi connectivity index (χ0n) is 15.5. The molecule has 0 spiro atoms. The summed E-state index contributed by atoms with van der Waals surface area (Å²) < 4.78 is 24.2. The van der Waals surface area contributed by atoms with E-state index in [4.69, 9.17) is 9.26 Å². The van der Waals surface area contributed by atoms with Crippen LogP contribution in [0.15, 0.2) is 47.0 Å². The van der Waals surface area contributed by atoms with Gasteiger partial charge >= 0.3 is 0 Å². The lowest BCUT2D eigenvalue weighted by Gasteiger charge is -2.09. The minimum atomic E-state index is -0.429. The molecule has 1 aromatic heterocycles. The van der Waals surface area contributed by atoms with Gasteiger partial charge < -0.3 is 14.6 Å². The first-order valence-electron chi connectivity index (χ1n) is 8.72. The van der Waals surface area contributed by atoms with Crippen molar-refractivity contribution < 1.29 is 18.4 Å². The van der Waals surface area contributed by atoms with Crippen LogP contribution in [0.2, 0.25) is 0 Å². The molecule has 140 valence electrons. The highest BCUT2D eigenvalue weighted by molar-refractivity contribution is 6.04. The lowest BCUT2D eigenvalue weighted by atomic mass is 10.1. The lowest BCUT2D eigenvalue weighted by Crippen LogP contribution is -2.16. The molecule has 0 saturated heterocycles. The van der Waals surface area contributed by atoms with E-state index in [1.165, 1.54) is 23.8 Å². The number of benzene rings is 2. The van der Waals surface area contributed by atoms with E-state index in [0.717, 1.165) is 6.42 Å². The summed E-state index contributed by atoms with van der Waals surface area (Å²) >= 11 is 0. The van der Waals surface area contributed by atoms with E-state index >= 15 is 0 Å². The Balaban J connectivity index is 1.74. The van der Waals surface area contributed by atoms with Crippen molar-refractivity contribution in [1.82, 2.24) is 5.16 Å². The highest BCUT2D eigenvalue weighted by atomic mass is 19.1. The van der Waals surface area contributed by atoms with Crippen LogP contribution in [0.3, 0.4) is 0 Å². The number of nitrogens with zero attached hydrogens (tertiary/aromatic N) is 1. The number of ether oxygens (including phenoxy) is 1. The summed E-state index contributed by atoms with van der Waals surface area (Å²) in [4.78, 5) is 12.6. The molecule has 27 heavy (non-hydrogen) atoms. The first-order chi connectivity index (χ1) is 13.0. The van der Waals surface area contributed by atoms with Gasteiger partial charge in [0.05, 0.1) is 5.56 Å². The van der Waals surface area contributed by atoms with Gasteiger partial charge in [-0.15, -0.1) is 0 Å². The van der Waals surface area contributed by atoms with Crippen LogP contribution in [0.25, 0.3) is 0 Å². The zero-order valence-corrected chi connectivity index (χ0v) is 15.5. The third kappa shape index (κ3) is 4.34. The third-order valence-corrected chi connectivity index (χ3v) is 4.35. The van der Waals surface area contributed by atoms with E-state index in [9.17, 15) is 9.18 Å². The topological polar surface area (TPSA) is 64.4 Å². The molecular weight excluding hydrogens is 347 g/mol. The smallest absolute Gasteiger partial charge is 0.278 e. The molecule has 0 fully saturated rings. The molecule has 0 bridgehead atoms. The van der Waals surface area contributed by atoms with Gasteiger partial charge in [-0.1, -0.05) is 24.2 Å². The van der Waals surface area contributed by atoms with Crippen molar-refractivity contribution in [2.45, 2.75) is 33.8 Å². The van der Waals surface area contributed by atoms with Gasteiger partial charge in [0.25, 0.3) is 5.91 Å². The molecule has 3 rings (SSSR count). The minimum absolute atomic E-state index is 0.154. The van der Waals surface area contributed by atoms with E-state index in [0.29, 0.717) is 28.3 Å². The van der Waals surface area contributed by atoms with Gasteiger partial charge in [-0.2, -0.15) is 0 Å². The molecule has 5 nitrogen and oxygen atoms in total. The second-order valence-electron chi connectivity index (χ2n) is 6.27. The van der Waals surface area contributed by atoms with E-state index in [-0.39, 0.29) is 18.1 Å². The first-order valence-corrected chi connectivity index (χ1v) is 8.72. The van der Waals surface area contributed by atoms with Crippen molar-refractivity contribution >= 4 is 11.6 Å². The minimum Gasteiger partial charge on any atom is -0.489 e. The van der Waals surface area contributed by atoms with Gasteiger partial charge in [-0.3, -0.25) is 4.79 Å². The monoisotopic (exact) mass is 368 g/mol. The Hall–Kier alpha value is -3.15. The van der Waals surface area contributed by atoms with Crippen LogP contribution in [0.1, 0.15) is 39.9 Å². The normalized spacial score (nSPS) is 10.7. The Morgan fingerprint density at radius 2 is 1.93 bits per heavy atom. The van der Waals surface area contributed by atoms with Gasteiger partial charge in [0, 0.05) is 5.69 Å². The Kier molecular flexibility index (Phi) is 5.54. The number of rotatable bonds is 6. The maximum Gasteiger partial charge on any atom is 0.278 e. The summed E-state index contributed by atoms with van der Waals surface area (Å²) in [6.07, 6.45) is 0.957. The summed E-state index contributed by atoms with van der Waals surface area (Å²) in [5.74, 6) is 0.433. The van der Waals surface area contributed by atoms with Crippen molar-refractivity contribution in [1.29, 1.82) is 0 Å². The number of amides is 1. The summed E-state index contributed by atoms with van der Waals surface area (Å²) in [7, 11) is 0. The molecule has 0 aliphatic carbocycles. The molecule has 1 amide bonds. The highest BCUT2D eigenvalue weighted by Gasteiger charge is 2.21. The first kappa shape index (κ1) is 18.6. The van der Waals surface area contributed by atoms with Crippen molar-refractivity contribution in [3.8, 4) is 5.75 Å². The molecule has 0 aliphatic heterocycles. The van der Waals surface area contributed by atoms with Crippen molar-refractivity contribution in [3.05, 3.63) is 76.4 Å². The Labute approximate surface area is 157 Å². The zero-order chi connectivity index (χ0) is 19.4. The number of anilines is 1. The Morgan fingerprint density at radius 3 is 2.59 bits per heavy atom. The summed E-state index contributed by atoms with van der Waals surface area (Å²) in [6, 6.07) is 11.9. The number of carbonyl (C=O) groups excluding carboxylic acids is 1. The summed E-state index contributed by atoms with van der Waals surface area (Å²) in [5.41, 5.74) is 3.09. The second kappa shape index (κ2) is 8.03. The quantitative estimate of drug-likeness (QED) is 0.677. The fraction of sp³-hybridized carbons (Fsp3) is 0.238. The average molecular weight is 368 g/mol. The predicted octanol–water partition coefficient (Wildman–Crippen LogP) is 4.82. The fourth-order valence-electron chi connectivity index (χ4n) is 2.67. The fourth-order valence-corrected chi connectivity index (χ4v) is 2.67. The van der Waals surface area contributed by atoms with Crippen LogP contribution >= 0.6 is 0 Å². The molecule has 2 aromatic carbocycles. The van der Waals surface area contributed by atoms with Crippen molar-refractivity contribution in [2.24, 2.45) is 0 Å². The Bertz CT molecular complexity index is 949. The maximum absolute atomic E-state index is 13.2. The molecule has 0 saturated carbocycles. The molecular formula is C21H21FN2O3. The van der Waals surface area contributed by atoms with Crippen LogP contribution in [-0.2, 0) is 13.0 Å². The molecule has 1 N–H and O–H groups in total. The SMILES string of the molecule is CCc1ccc(OCc2c(C(=O)Nc3ccc(F)cc3C)noc2C)cc1. The lowest BCUT2D eigenvalue weighted by molar-refractivity contribution is 0.101. The maximum atomic E-state index is 13.2. The summed E-state index contributed by atoms with van der Waals surface area (Å²) in [6.45, 7) is 5.69. The van der Waals surface area contributed by atoms with Crippen LogP contribution in [0.4, 0.5) is 10.1 Å². The average Bonchev–Trinajstić information content (AvgIpc) is 3.03.